The number of hydrogen-bond acceptors (Lipinski definition) is 3. The summed E-state index contributed by atoms with van der Waals surface area (Å²) in [5.41, 5.74) is 0.553. The van der Waals surface area contributed by atoms with Crippen molar-refractivity contribution in [2.45, 2.75) is 32.7 Å². The number of nitro groups is 1. The summed E-state index contributed by atoms with van der Waals surface area (Å²) in [6.07, 6.45) is 0. The minimum absolute atomic E-state index is 0.0184. The van der Waals surface area contributed by atoms with E-state index in [0.29, 0.717) is 10.7 Å². The van der Waals surface area contributed by atoms with Crippen molar-refractivity contribution < 1.29 is 4.92 Å². The summed E-state index contributed by atoms with van der Waals surface area (Å²) < 4.78 is 1.42. The van der Waals surface area contributed by atoms with Crippen molar-refractivity contribution in [3.8, 4) is 0 Å². The van der Waals surface area contributed by atoms with Gasteiger partial charge < -0.3 is 0 Å². The molecule has 0 fully saturated rings. The first-order valence-corrected chi connectivity index (χ1v) is 7.12. The van der Waals surface area contributed by atoms with E-state index in [4.69, 9.17) is 23.2 Å². The molecule has 0 N–H and O–H groups in total. The third-order valence-electron chi connectivity index (χ3n) is 3.04. The predicted molar refractivity (Wildman–Crippen MR) is 83.1 cm³/mol. The lowest BCUT2D eigenvalue weighted by Crippen LogP contribution is -2.14. The summed E-state index contributed by atoms with van der Waals surface area (Å²) in [7, 11) is 0. The average Bonchev–Trinajstić information content (AvgIpc) is 2.70. The first kappa shape index (κ1) is 15.8. The van der Waals surface area contributed by atoms with Crippen LogP contribution in [0.1, 0.15) is 32.0 Å². The topological polar surface area (TPSA) is 61.0 Å². The van der Waals surface area contributed by atoms with Crippen LogP contribution < -0.4 is 0 Å². The van der Waals surface area contributed by atoms with Crippen molar-refractivity contribution in [3.63, 3.8) is 0 Å². The molecule has 0 aliphatic carbocycles. The Hall–Kier alpha value is -1.59. The van der Waals surface area contributed by atoms with Crippen molar-refractivity contribution in [1.82, 2.24) is 9.78 Å². The van der Waals surface area contributed by atoms with Gasteiger partial charge in [0.2, 0.25) is 5.15 Å². The van der Waals surface area contributed by atoms with Gasteiger partial charge in [0.15, 0.2) is 0 Å². The fourth-order valence-corrected chi connectivity index (χ4v) is 2.44. The molecule has 1 heterocycles. The molecule has 21 heavy (non-hydrogen) atoms. The smallest absolute Gasteiger partial charge is 0.258 e. The molecule has 0 unspecified atom stereocenters. The molecule has 1 aromatic carbocycles. The van der Waals surface area contributed by atoms with Gasteiger partial charge in [0.25, 0.3) is 0 Å². The molecule has 0 saturated heterocycles. The predicted octanol–water partition coefficient (Wildman–Crippen LogP) is 4.44. The summed E-state index contributed by atoms with van der Waals surface area (Å²) in [5, 5.41) is 16.2. The van der Waals surface area contributed by atoms with Gasteiger partial charge in [0.05, 0.1) is 11.5 Å². The van der Waals surface area contributed by atoms with E-state index in [1.807, 2.05) is 39.0 Å². The van der Waals surface area contributed by atoms with E-state index in [0.717, 1.165) is 5.56 Å². The van der Waals surface area contributed by atoms with Crippen LogP contribution in [0, 0.1) is 10.1 Å². The van der Waals surface area contributed by atoms with Gasteiger partial charge >= 0.3 is 5.69 Å². The Morgan fingerprint density at radius 3 is 2.38 bits per heavy atom. The zero-order valence-electron chi connectivity index (χ0n) is 11.9. The standard InChI is InChI=1S/C14H15Cl2N3O2/c1-14(2,3)12-11(19(20)21)13(16)18(17-12)8-9-6-4-5-7-10(9)15/h4-7H,8H2,1-3H3. The highest BCUT2D eigenvalue weighted by molar-refractivity contribution is 6.32. The largest absolute Gasteiger partial charge is 0.329 e. The van der Waals surface area contributed by atoms with Crippen LogP contribution in [0.5, 0.6) is 0 Å². The van der Waals surface area contributed by atoms with Gasteiger partial charge in [-0.25, -0.2) is 4.68 Å². The van der Waals surface area contributed by atoms with Crippen LogP contribution in [0.15, 0.2) is 24.3 Å². The van der Waals surface area contributed by atoms with Crippen LogP contribution in [-0.2, 0) is 12.0 Å². The lowest BCUT2D eigenvalue weighted by molar-refractivity contribution is -0.385. The highest BCUT2D eigenvalue weighted by Gasteiger charge is 2.34. The van der Waals surface area contributed by atoms with Crippen molar-refractivity contribution >= 4 is 28.9 Å². The Bertz CT molecular complexity index is 690. The molecule has 7 heteroatoms. The van der Waals surface area contributed by atoms with E-state index >= 15 is 0 Å². The van der Waals surface area contributed by atoms with Crippen LogP contribution >= 0.6 is 23.2 Å². The Labute approximate surface area is 132 Å². The van der Waals surface area contributed by atoms with Crippen LogP contribution in [0.25, 0.3) is 0 Å². The van der Waals surface area contributed by atoms with E-state index < -0.39 is 10.3 Å². The number of aromatic nitrogens is 2. The second-order valence-corrected chi connectivity index (χ2v) is 6.51. The molecule has 112 valence electrons. The first-order chi connectivity index (χ1) is 9.71. The lowest BCUT2D eigenvalue weighted by atomic mass is 9.91. The summed E-state index contributed by atoms with van der Waals surface area (Å²) >= 11 is 12.3. The third-order valence-corrected chi connectivity index (χ3v) is 3.78. The van der Waals surface area contributed by atoms with Crippen molar-refractivity contribution in [3.05, 3.63) is 55.8 Å². The fourth-order valence-electron chi connectivity index (χ4n) is 1.99. The van der Waals surface area contributed by atoms with E-state index in [-0.39, 0.29) is 17.4 Å². The molecule has 0 aliphatic rings. The molecule has 0 aliphatic heterocycles. The molecule has 0 radical (unpaired) electrons. The maximum Gasteiger partial charge on any atom is 0.329 e. The normalized spacial score (nSPS) is 11.7. The molecule has 0 saturated carbocycles. The highest BCUT2D eigenvalue weighted by atomic mass is 35.5. The lowest BCUT2D eigenvalue weighted by Gasteiger charge is -2.13. The van der Waals surface area contributed by atoms with Crippen LogP contribution in [0.4, 0.5) is 5.69 Å². The van der Waals surface area contributed by atoms with E-state index in [2.05, 4.69) is 5.10 Å². The fraction of sp³-hybridized carbons (Fsp3) is 0.357. The molecule has 0 bridgehead atoms. The molecule has 0 atom stereocenters. The molecule has 5 nitrogen and oxygen atoms in total. The molecular weight excluding hydrogens is 313 g/mol. The molecular formula is C14H15Cl2N3O2. The third kappa shape index (κ3) is 3.19. The van der Waals surface area contributed by atoms with Gasteiger partial charge in [-0.15, -0.1) is 0 Å². The maximum atomic E-state index is 11.3. The highest BCUT2D eigenvalue weighted by Crippen LogP contribution is 2.36. The van der Waals surface area contributed by atoms with Gasteiger partial charge in [0, 0.05) is 10.4 Å². The van der Waals surface area contributed by atoms with Gasteiger partial charge in [-0.1, -0.05) is 62.2 Å². The second-order valence-electron chi connectivity index (χ2n) is 5.74. The average molecular weight is 328 g/mol. The minimum atomic E-state index is -0.487. The Morgan fingerprint density at radius 1 is 1.29 bits per heavy atom. The molecule has 2 rings (SSSR count). The Kier molecular flexibility index (Phi) is 4.25. The molecule has 0 amide bonds. The first-order valence-electron chi connectivity index (χ1n) is 6.36. The minimum Gasteiger partial charge on any atom is -0.258 e. The van der Waals surface area contributed by atoms with Gasteiger partial charge in [0.1, 0.15) is 5.69 Å². The summed E-state index contributed by atoms with van der Waals surface area (Å²) in [6.45, 7) is 5.87. The van der Waals surface area contributed by atoms with Gasteiger partial charge in [-0.2, -0.15) is 5.10 Å². The number of nitrogens with zero attached hydrogens (tertiary/aromatic N) is 3. The molecule has 2 aromatic rings. The quantitative estimate of drug-likeness (QED) is 0.618. The van der Waals surface area contributed by atoms with Crippen LogP contribution in [-0.4, -0.2) is 14.7 Å². The van der Waals surface area contributed by atoms with Gasteiger partial charge in [-0.05, 0) is 11.6 Å². The zero-order valence-corrected chi connectivity index (χ0v) is 13.4. The molecule has 0 spiro atoms. The van der Waals surface area contributed by atoms with Gasteiger partial charge in [-0.3, -0.25) is 10.1 Å². The van der Waals surface area contributed by atoms with Crippen molar-refractivity contribution in [1.29, 1.82) is 0 Å². The summed E-state index contributed by atoms with van der Waals surface area (Å²) in [6, 6.07) is 7.26. The number of halogens is 2. The second kappa shape index (κ2) is 5.66. The number of benzene rings is 1. The van der Waals surface area contributed by atoms with E-state index in [1.54, 1.807) is 6.07 Å². The monoisotopic (exact) mass is 327 g/mol. The molecule has 1 aromatic heterocycles. The van der Waals surface area contributed by atoms with Crippen molar-refractivity contribution in [2.75, 3.05) is 0 Å². The Morgan fingerprint density at radius 2 is 1.90 bits per heavy atom. The van der Waals surface area contributed by atoms with Crippen LogP contribution in [0.2, 0.25) is 10.2 Å². The number of hydrogen-bond donors (Lipinski definition) is 0. The Balaban J connectivity index is 2.51. The zero-order chi connectivity index (χ0) is 15.8. The van der Waals surface area contributed by atoms with Crippen molar-refractivity contribution in [2.24, 2.45) is 0 Å². The summed E-state index contributed by atoms with van der Waals surface area (Å²) in [4.78, 5) is 10.8. The van der Waals surface area contributed by atoms with E-state index in [1.165, 1.54) is 4.68 Å². The summed E-state index contributed by atoms with van der Waals surface area (Å²) in [5.74, 6) is 0. The maximum absolute atomic E-state index is 11.3. The van der Waals surface area contributed by atoms with Crippen LogP contribution in [0.3, 0.4) is 0 Å². The SMILES string of the molecule is CC(C)(C)c1nn(Cc2ccccc2Cl)c(Cl)c1[N+](=O)[O-]. The van der Waals surface area contributed by atoms with E-state index in [9.17, 15) is 10.1 Å². The number of rotatable bonds is 3.